The van der Waals surface area contributed by atoms with E-state index < -0.39 is 11.7 Å². The minimum absolute atomic E-state index is 0.156. The highest BCUT2D eigenvalue weighted by Gasteiger charge is 2.30. The van der Waals surface area contributed by atoms with E-state index in [1.807, 2.05) is 19.1 Å². The highest BCUT2D eigenvalue weighted by atomic mass is 32.1. The van der Waals surface area contributed by atoms with Gasteiger partial charge in [-0.25, -0.2) is 15.0 Å². The molecule has 6 nitrogen and oxygen atoms in total. The summed E-state index contributed by atoms with van der Waals surface area (Å²) in [5, 5.41) is 5.89. The van der Waals surface area contributed by atoms with Gasteiger partial charge in [0.2, 0.25) is 5.88 Å². The number of aryl methyl sites for hydroxylation is 1. The van der Waals surface area contributed by atoms with Crippen LogP contribution in [0.5, 0.6) is 11.6 Å². The number of anilines is 2. The Hall–Kier alpha value is -4.05. The van der Waals surface area contributed by atoms with Crippen LogP contribution in [0.25, 0.3) is 11.3 Å². The quantitative estimate of drug-likeness (QED) is 0.317. The van der Waals surface area contributed by atoms with Gasteiger partial charge in [0, 0.05) is 23.8 Å². The number of aromatic nitrogens is 3. The van der Waals surface area contributed by atoms with Crippen molar-refractivity contribution in [2.75, 3.05) is 10.6 Å². The van der Waals surface area contributed by atoms with Crippen LogP contribution in [-0.2, 0) is 6.18 Å². The van der Waals surface area contributed by atoms with Gasteiger partial charge < -0.3 is 15.4 Å². The number of pyridine rings is 1. The number of alkyl halides is 3. The van der Waals surface area contributed by atoms with E-state index >= 15 is 0 Å². The van der Waals surface area contributed by atoms with Crippen LogP contribution < -0.4 is 15.4 Å². The highest BCUT2D eigenvalue weighted by Crippen LogP contribution is 2.33. The minimum Gasteiger partial charge on any atom is -0.438 e. The molecular weight excluding hydrogens is 463 g/mol. The molecule has 0 saturated carbocycles. The maximum absolute atomic E-state index is 12.9. The number of halogens is 3. The Morgan fingerprint density at radius 2 is 1.71 bits per heavy atom. The van der Waals surface area contributed by atoms with Gasteiger partial charge in [0.15, 0.2) is 5.11 Å². The fourth-order valence-electron chi connectivity index (χ4n) is 3.13. The average Bonchev–Trinajstić information content (AvgIpc) is 2.81. The first kappa shape index (κ1) is 23.1. The molecule has 0 aliphatic heterocycles. The Bertz CT molecular complexity index is 1320. The highest BCUT2D eigenvalue weighted by molar-refractivity contribution is 7.80. The lowest BCUT2D eigenvalue weighted by Crippen LogP contribution is -2.19. The van der Waals surface area contributed by atoms with Gasteiger partial charge in [-0.05, 0) is 79.3 Å². The molecule has 2 aromatic carbocycles. The third kappa shape index (κ3) is 5.65. The molecule has 4 rings (SSSR count). The van der Waals surface area contributed by atoms with E-state index in [0.29, 0.717) is 23.0 Å². The summed E-state index contributed by atoms with van der Waals surface area (Å²) in [6, 6.07) is 15.5. The van der Waals surface area contributed by atoms with Crippen molar-refractivity contribution in [1.82, 2.24) is 15.0 Å². The van der Waals surface area contributed by atoms with Crippen LogP contribution in [0.1, 0.15) is 11.1 Å². The SMILES string of the molecule is Cc1cc(NC(=S)Nc2cccc(C(F)(F)F)c2)ccc1Oc1ncccc1-c1ccncn1. The number of hydrogen-bond acceptors (Lipinski definition) is 5. The maximum Gasteiger partial charge on any atom is 0.416 e. The van der Waals surface area contributed by atoms with E-state index in [2.05, 4.69) is 25.6 Å². The largest absolute Gasteiger partial charge is 0.438 e. The van der Waals surface area contributed by atoms with Gasteiger partial charge in [0.1, 0.15) is 12.1 Å². The van der Waals surface area contributed by atoms with Gasteiger partial charge in [-0.1, -0.05) is 6.07 Å². The maximum atomic E-state index is 12.9. The molecule has 4 aromatic rings. The summed E-state index contributed by atoms with van der Waals surface area (Å²) in [4.78, 5) is 12.5. The fraction of sp³-hybridized carbons (Fsp3) is 0.0833. The Morgan fingerprint density at radius 3 is 2.41 bits per heavy atom. The summed E-state index contributed by atoms with van der Waals surface area (Å²) in [5.41, 5.74) is 2.32. The predicted molar refractivity (Wildman–Crippen MR) is 128 cm³/mol. The van der Waals surface area contributed by atoms with Crippen molar-refractivity contribution in [1.29, 1.82) is 0 Å². The third-order valence-electron chi connectivity index (χ3n) is 4.72. The molecule has 2 N–H and O–H groups in total. The second-order valence-electron chi connectivity index (χ2n) is 7.19. The molecule has 2 aromatic heterocycles. The number of rotatable bonds is 5. The van der Waals surface area contributed by atoms with Crippen molar-refractivity contribution in [3.05, 3.63) is 90.5 Å². The van der Waals surface area contributed by atoms with E-state index in [1.54, 1.807) is 36.7 Å². The van der Waals surface area contributed by atoms with E-state index in [0.717, 1.165) is 23.3 Å². The minimum atomic E-state index is -4.43. The molecule has 0 saturated heterocycles. The van der Waals surface area contributed by atoms with E-state index in [4.69, 9.17) is 17.0 Å². The van der Waals surface area contributed by atoms with Crippen LogP contribution in [0.2, 0.25) is 0 Å². The summed E-state index contributed by atoms with van der Waals surface area (Å²) in [6.07, 6.45) is 0.291. The summed E-state index contributed by atoms with van der Waals surface area (Å²) < 4.78 is 44.8. The summed E-state index contributed by atoms with van der Waals surface area (Å²) in [6.45, 7) is 1.86. The van der Waals surface area contributed by atoms with Gasteiger partial charge in [0.05, 0.1) is 16.8 Å². The monoisotopic (exact) mass is 481 g/mol. The van der Waals surface area contributed by atoms with Crippen LogP contribution in [0.3, 0.4) is 0 Å². The number of hydrogen-bond donors (Lipinski definition) is 2. The summed E-state index contributed by atoms with van der Waals surface area (Å²) in [5.74, 6) is 0.975. The van der Waals surface area contributed by atoms with Crippen molar-refractivity contribution < 1.29 is 17.9 Å². The summed E-state index contributed by atoms with van der Waals surface area (Å²) >= 11 is 5.25. The third-order valence-corrected chi connectivity index (χ3v) is 4.92. The molecule has 0 aliphatic rings. The van der Waals surface area contributed by atoms with Crippen LogP contribution in [0, 0.1) is 6.92 Å². The first-order valence-electron chi connectivity index (χ1n) is 10.0. The molecule has 0 radical (unpaired) electrons. The van der Waals surface area contributed by atoms with Crippen molar-refractivity contribution in [2.45, 2.75) is 13.1 Å². The Morgan fingerprint density at radius 1 is 0.912 bits per heavy atom. The van der Waals surface area contributed by atoms with Crippen molar-refractivity contribution >= 4 is 28.7 Å². The molecule has 0 atom stereocenters. The zero-order valence-corrected chi connectivity index (χ0v) is 18.6. The standard InChI is InChI=1S/C24H18F3N5OS/c1-15-12-18(32-23(34)31-17-5-2-4-16(13-17)24(25,26)27)7-8-21(15)33-22-19(6-3-10-29-22)20-9-11-28-14-30-20/h2-14H,1H3,(H2,31,32,34). The zero-order valence-electron chi connectivity index (χ0n) is 17.8. The van der Waals surface area contributed by atoms with Crippen LogP contribution in [0.15, 0.2) is 79.4 Å². The lowest BCUT2D eigenvalue weighted by molar-refractivity contribution is -0.137. The Kier molecular flexibility index (Phi) is 6.69. The molecule has 10 heteroatoms. The molecule has 0 bridgehead atoms. The molecule has 172 valence electrons. The second-order valence-corrected chi connectivity index (χ2v) is 7.60. The number of ether oxygens (including phenoxy) is 1. The normalized spacial score (nSPS) is 11.1. The average molecular weight is 482 g/mol. The first-order chi connectivity index (χ1) is 16.3. The first-order valence-corrected chi connectivity index (χ1v) is 10.5. The topological polar surface area (TPSA) is 72.0 Å². The van der Waals surface area contributed by atoms with E-state index in [9.17, 15) is 13.2 Å². The molecule has 34 heavy (non-hydrogen) atoms. The van der Waals surface area contributed by atoms with E-state index in [1.165, 1.54) is 18.5 Å². The van der Waals surface area contributed by atoms with Gasteiger partial charge >= 0.3 is 6.18 Å². The van der Waals surface area contributed by atoms with Crippen LogP contribution >= 0.6 is 12.2 Å². The van der Waals surface area contributed by atoms with Gasteiger partial charge in [-0.3, -0.25) is 0 Å². The Labute approximate surface area is 198 Å². The molecule has 2 heterocycles. The van der Waals surface area contributed by atoms with Crippen molar-refractivity contribution in [2.24, 2.45) is 0 Å². The predicted octanol–water partition coefficient (Wildman–Crippen LogP) is 6.47. The van der Waals surface area contributed by atoms with Gasteiger partial charge in [-0.15, -0.1) is 0 Å². The van der Waals surface area contributed by atoms with Crippen molar-refractivity contribution in [3.63, 3.8) is 0 Å². The number of benzene rings is 2. The second kappa shape index (κ2) is 9.84. The van der Waals surface area contributed by atoms with Crippen LogP contribution in [0.4, 0.5) is 24.5 Å². The molecule has 0 unspecified atom stereocenters. The fourth-order valence-corrected chi connectivity index (χ4v) is 3.37. The number of nitrogens with zero attached hydrogens (tertiary/aromatic N) is 3. The zero-order chi connectivity index (χ0) is 24.1. The molecular formula is C24H18F3N5OS. The number of nitrogens with one attached hydrogen (secondary N) is 2. The molecule has 0 spiro atoms. The molecule has 0 aliphatic carbocycles. The van der Waals surface area contributed by atoms with Gasteiger partial charge in [0.25, 0.3) is 0 Å². The lowest BCUT2D eigenvalue weighted by atomic mass is 10.2. The Balaban J connectivity index is 1.46. The van der Waals surface area contributed by atoms with Gasteiger partial charge in [-0.2, -0.15) is 13.2 Å². The van der Waals surface area contributed by atoms with Crippen LogP contribution in [-0.4, -0.2) is 20.1 Å². The summed E-state index contributed by atoms with van der Waals surface area (Å²) in [7, 11) is 0. The number of thiocarbonyl (C=S) groups is 1. The molecule has 0 fully saturated rings. The smallest absolute Gasteiger partial charge is 0.416 e. The van der Waals surface area contributed by atoms with Crippen molar-refractivity contribution in [3.8, 4) is 22.9 Å². The molecule has 0 amide bonds. The van der Waals surface area contributed by atoms with E-state index in [-0.39, 0.29) is 10.8 Å². The lowest BCUT2D eigenvalue weighted by Gasteiger charge is -2.15.